The maximum Gasteiger partial charge on any atom is 0.137 e. The highest BCUT2D eigenvalue weighted by atomic mass is 35.5. The van der Waals surface area contributed by atoms with Crippen molar-refractivity contribution in [2.24, 2.45) is 0 Å². The lowest BCUT2D eigenvalue weighted by atomic mass is 10.2. The number of fused-ring (bicyclic) bond motifs is 1. The Kier molecular flexibility index (Phi) is 3.35. The van der Waals surface area contributed by atoms with Crippen molar-refractivity contribution < 1.29 is 4.74 Å². The van der Waals surface area contributed by atoms with Crippen molar-refractivity contribution in [2.75, 3.05) is 7.11 Å². The summed E-state index contributed by atoms with van der Waals surface area (Å²) >= 11 is 13.9. The predicted molar refractivity (Wildman–Crippen MR) is 81.6 cm³/mol. The molecule has 0 spiro atoms. The monoisotopic (exact) mass is 309 g/mol. The van der Waals surface area contributed by atoms with Crippen LogP contribution in [0, 0.1) is 0 Å². The van der Waals surface area contributed by atoms with E-state index in [1.165, 1.54) is 0 Å². The van der Waals surface area contributed by atoms with Crippen molar-refractivity contribution in [3.05, 3.63) is 46.4 Å². The van der Waals surface area contributed by atoms with E-state index in [4.69, 9.17) is 27.9 Å². The number of ether oxygens (including phenoxy) is 1. The largest absolute Gasteiger partial charge is 0.495 e. The van der Waals surface area contributed by atoms with E-state index in [2.05, 4.69) is 4.98 Å². The number of nitrogens with zero attached hydrogens (tertiary/aromatic N) is 1. The number of thiazole rings is 1. The van der Waals surface area contributed by atoms with Gasteiger partial charge in [-0.15, -0.1) is 11.3 Å². The SMILES string of the molecule is COc1ccc(-c2nc3c(Cl)cccc3s2)cc1Cl. The van der Waals surface area contributed by atoms with Crippen LogP contribution in [0.4, 0.5) is 0 Å². The Hall–Kier alpha value is -1.29. The van der Waals surface area contributed by atoms with Gasteiger partial charge in [-0.3, -0.25) is 0 Å². The van der Waals surface area contributed by atoms with Gasteiger partial charge in [0.1, 0.15) is 16.3 Å². The second-order valence-electron chi connectivity index (χ2n) is 3.95. The highest BCUT2D eigenvalue weighted by Crippen LogP contribution is 2.36. The molecule has 1 heterocycles. The van der Waals surface area contributed by atoms with E-state index >= 15 is 0 Å². The topological polar surface area (TPSA) is 22.1 Å². The van der Waals surface area contributed by atoms with Gasteiger partial charge in [0.25, 0.3) is 0 Å². The highest BCUT2D eigenvalue weighted by molar-refractivity contribution is 7.21. The molecule has 1 aromatic heterocycles. The lowest BCUT2D eigenvalue weighted by molar-refractivity contribution is 0.415. The molecule has 5 heteroatoms. The van der Waals surface area contributed by atoms with E-state index in [1.54, 1.807) is 18.4 Å². The third kappa shape index (κ3) is 2.29. The van der Waals surface area contributed by atoms with Gasteiger partial charge in [-0.05, 0) is 30.3 Å². The minimum atomic E-state index is 0.574. The molecule has 0 saturated carbocycles. The molecule has 0 saturated heterocycles. The van der Waals surface area contributed by atoms with Crippen LogP contribution in [-0.2, 0) is 0 Å². The van der Waals surface area contributed by atoms with Crippen LogP contribution >= 0.6 is 34.5 Å². The molecule has 3 aromatic rings. The third-order valence-corrected chi connectivity index (χ3v) is 4.44. The van der Waals surface area contributed by atoms with Crippen LogP contribution in [0.1, 0.15) is 0 Å². The zero-order valence-electron chi connectivity index (χ0n) is 9.98. The number of para-hydroxylation sites is 1. The first-order valence-corrected chi connectivity index (χ1v) is 7.15. The summed E-state index contributed by atoms with van der Waals surface area (Å²) in [5.41, 5.74) is 1.79. The molecule has 0 aliphatic rings. The Labute approximate surface area is 124 Å². The van der Waals surface area contributed by atoms with Gasteiger partial charge < -0.3 is 4.74 Å². The molecule has 19 heavy (non-hydrogen) atoms. The fraction of sp³-hybridized carbons (Fsp3) is 0.0714. The lowest BCUT2D eigenvalue weighted by Gasteiger charge is -2.03. The third-order valence-electron chi connectivity index (χ3n) is 2.77. The Balaban J connectivity index is 2.14. The van der Waals surface area contributed by atoms with Gasteiger partial charge in [-0.25, -0.2) is 4.98 Å². The number of halogens is 2. The Morgan fingerprint density at radius 2 is 1.95 bits per heavy atom. The summed E-state index contributed by atoms with van der Waals surface area (Å²) < 4.78 is 6.21. The summed E-state index contributed by atoms with van der Waals surface area (Å²) in [6.07, 6.45) is 0. The zero-order valence-corrected chi connectivity index (χ0v) is 12.3. The second-order valence-corrected chi connectivity index (χ2v) is 5.80. The van der Waals surface area contributed by atoms with Crippen LogP contribution in [0.5, 0.6) is 5.75 Å². The summed E-state index contributed by atoms with van der Waals surface area (Å²) in [6, 6.07) is 11.4. The summed E-state index contributed by atoms with van der Waals surface area (Å²) in [4.78, 5) is 4.57. The first kappa shape index (κ1) is 12.7. The Bertz CT molecular complexity index is 754. The summed E-state index contributed by atoms with van der Waals surface area (Å²) in [5, 5.41) is 2.14. The second kappa shape index (κ2) is 5.00. The average molecular weight is 310 g/mol. The van der Waals surface area contributed by atoms with Gasteiger partial charge in [0.05, 0.1) is 21.9 Å². The molecule has 3 rings (SSSR count). The standard InChI is InChI=1S/C14H9Cl2NOS/c1-18-11-6-5-8(7-10(11)16)14-17-13-9(15)3-2-4-12(13)19-14/h2-7H,1H3. The molecular formula is C14H9Cl2NOS. The van der Waals surface area contributed by atoms with E-state index in [1.807, 2.05) is 36.4 Å². The van der Waals surface area contributed by atoms with Crippen molar-refractivity contribution in [2.45, 2.75) is 0 Å². The maximum atomic E-state index is 6.14. The van der Waals surface area contributed by atoms with Crippen molar-refractivity contribution in [3.8, 4) is 16.3 Å². The molecule has 0 radical (unpaired) electrons. The van der Waals surface area contributed by atoms with Crippen LogP contribution in [0.2, 0.25) is 10.0 Å². The Morgan fingerprint density at radius 3 is 2.63 bits per heavy atom. The number of aromatic nitrogens is 1. The quantitative estimate of drug-likeness (QED) is 0.642. The molecule has 0 N–H and O–H groups in total. The van der Waals surface area contributed by atoms with Gasteiger partial charge in [-0.1, -0.05) is 29.3 Å². The minimum absolute atomic E-state index is 0.574. The summed E-state index contributed by atoms with van der Waals surface area (Å²) in [5.74, 6) is 0.657. The van der Waals surface area contributed by atoms with E-state index in [9.17, 15) is 0 Å². The molecule has 0 aliphatic heterocycles. The molecular weight excluding hydrogens is 301 g/mol. The van der Waals surface area contributed by atoms with Crippen molar-refractivity contribution >= 4 is 44.8 Å². The number of hydrogen-bond acceptors (Lipinski definition) is 3. The average Bonchev–Trinajstić information content (AvgIpc) is 2.84. The molecule has 0 bridgehead atoms. The minimum Gasteiger partial charge on any atom is -0.495 e. The Morgan fingerprint density at radius 1 is 1.11 bits per heavy atom. The van der Waals surface area contributed by atoms with Crippen molar-refractivity contribution in [1.29, 1.82) is 0 Å². The van der Waals surface area contributed by atoms with E-state index in [-0.39, 0.29) is 0 Å². The van der Waals surface area contributed by atoms with Gasteiger partial charge in [-0.2, -0.15) is 0 Å². The molecule has 96 valence electrons. The van der Waals surface area contributed by atoms with Crippen LogP contribution in [0.25, 0.3) is 20.8 Å². The fourth-order valence-corrected chi connectivity index (χ4v) is 3.36. The van der Waals surface area contributed by atoms with Crippen molar-refractivity contribution in [3.63, 3.8) is 0 Å². The number of methoxy groups -OCH3 is 1. The highest BCUT2D eigenvalue weighted by Gasteiger charge is 2.10. The predicted octanol–water partition coefficient (Wildman–Crippen LogP) is 5.28. The van der Waals surface area contributed by atoms with Gasteiger partial charge >= 0.3 is 0 Å². The summed E-state index contributed by atoms with van der Waals surface area (Å²) in [6.45, 7) is 0. The smallest absolute Gasteiger partial charge is 0.137 e. The molecule has 0 amide bonds. The number of hydrogen-bond donors (Lipinski definition) is 0. The zero-order chi connectivity index (χ0) is 13.4. The van der Waals surface area contributed by atoms with Gasteiger partial charge in [0.15, 0.2) is 0 Å². The van der Waals surface area contributed by atoms with Crippen LogP contribution < -0.4 is 4.74 Å². The first-order chi connectivity index (χ1) is 9.19. The lowest BCUT2D eigenvalue weighted by Crippen LogP contribution is -1.84. The number of benzene rings is 2. The molecule has 0 unspecified atom stereocenters. The van der Waals surface area contributed by atoms with Crippen LogP contribution in [-0.4, -0.2) is 12.1 Å². The molecule has 0 atom stereocenters. The first-order valence-electron chi connectivity index (χ1n) is 5.58. The molecule has 2 aromatic carbocycles. The van der Waals surface area contributed by atoms with E-state index in [0.717, 1.165) is 20.8 Å². The fourth-order valence-electron chi connectivity index (χ4n) is 1.84. The summed E-state index contributed by atoms with van der Waals surface area (Å²) in [7, 11) is 1.60. The van der Waals surface area contributed by atoms with Crippen LogP contribution in [0.15, 0.2) is 36.4 Å². The van der Waals surface area contributed by atoms with Gasteiger partial charge in [0.2, 0.25) is 0 Å². The van der Waals surface area contributed by atoms with Gasteiger partial charge in [0, 0.05) is 5.56 Å². The molecule has 0 aliphatic carbocycles. The van der Waals surface area contributed by atoms with E-state index < -0.39 is 0 Å². The van der Waals surface area contributed by atoms with Crippen molar-refractivity contribution in [1.82, 2.24) is 4.98 Å². The molecule has 2 nitrogen and oxygen atoms in total. The van der Waals surface area contributed by atoms with Crippen LogP contribution in [0.3, 0.4) is 0 Å². The van der Waals surface area contributed by atoms with E-state index in [0.29, 0.717) is 15.8 Å². The number of rotatable bonds is 2. The maximum absolute atomic E-state index is 6.14. The molecule has 0 fully saturated rings. The normalized spacial score (nSPS) is 10.9.